The van der Waals surface area contributed by atoms with E-state index in [-0.39, 0.29) is 5.91 Å². The van der Waals surface area contributed by atoms with Gasteiger partial charge < -0.3 is 20.1 Å². The lowest BCUT2D eigenvalue weighted by Crippen LogP contribution is -2.24. The number of amides is 1. The van der Waals surface area contributed by atoms with Crippen LogP contribution < -0.4 is 20.1 Å². The highest BCUT2D eigenvalue weighted by molar-refractivity contribution is 5.94. The minimum atomic E-state index is -0.0558. The van der Waals surface area contributed by atoms with E-state index in [2.05, 4.69) is 20.8 Å². The Bertz CT molecular complexity index is 1240. The third-order valence-corrected chi connectivity index (χ3v) is 5.21. The molecule has 0 atom stereocenters. The summed E-state index contributed by atoms with van der Waals surface area (Å²) in [6.45, 7) is 3.20. The number of carbonyl (C=O) groups excluding carboxylic acids is 1. The van der Waals surface area contributed by atoms with Crippen LogP contribution in [-0.2, 0) is 0 Å². The predicted molar refractivity (Wildman–Crippen MR) is 123 cm³/mol. The molecule has 32 heavy (non-hydrogen) atoms. The normalized spacial score (nSPS) is 11.0. The molecule has 0 saturated carbocycles. The molecule has 0 aliphatic carbocycles. The number of benzene rings is 2. The van der Waals surface area contributed by atoms with Crippen LogP contribution in [0.2, 0.25) is 0 Å². The van der Waals surface area contributed by atoms with Crippen LogP contribution in [0.5, 0.6) is 11.5 Å². The van der Waals surface area contributed by atoms with Gasteiger partial charge in [0.15, 0.2) is 17.3 Å². The van der Waals surface area contributed by atoms with Crippen LogP contribution in [0.4, 0.5) is 5.82 Å². The van der Waals surface area contributed by atoms with Crippen LogP contribution in [0.15, 0.2) is 42.5 Å². The zero-order valence-electron chi connectivity index (χ0n) is 18.4. The molecule has 0 aliphatic heterocycles. The lowest BCUT2D eigenvalue weighted by Gasteiger charge is -2.13. The molecular formula is C23H26N6O3. The van der Waals surface area contributed by atoms with E-state index in [1.807, 2.05) is 41.7 Å². The molecule has 166 valence electrons. The van der Waals surface area contributed by atoms with Gasteiger partial charge >= 0.3 is 0 Å². The second kappa shape index (κ2) is 9.51. The maximum atomic E-state index is 12.1. The molecule has 0 fully saturated rings. The van der Waals surface area contributed by atoms with Crippen LogP contribution in [0.25, 0.3) is 16.7 Å². The molecule has 0 radical (unpaired) electrons. The van der Waals surface area contributed by atoms with Gasteiger partial charge in [-0.15, -0.1) is 10.2 Å². The first kappa shape index (κ1) is 21.4. The van der Waals surface area contributed by atoms with E-state index in [1.165, 1.54) is 0 Å². The fraction of sp³-hybridized carbons (Fsp3) is 0.304. The second-order valence-electron chi connectivity index (χ2n) is 7.32. The van der Waals surface area contributed by atoms with Crippen molar-refractivity contribution in [2.24, 2.45) is 0 Å². The molecule has 9 heteroatoms. The van der Waals surface area contributed by atoms with Crippen LogP contribution in [0.3, 0.4) is 0 Å². The average molecular weight is 435 g/mol. The maximum Gasteiger partial charge on any atom is 0.251 e. The highest BCUT2D eigenvalue weighted by atomic mass is 16.5. The molecule has 0 bridgehead atoms. The number of methoxy groups -OCH3 is 2. The Hall–Kier alpha value is -3.88. The van der Waals surface area contributed by atoms with Crippen molar-refractivity contribution in [1.82, 2.24) is 24.9 Å². The Morgan fingerprint density at radius 1 is 1.00 bits per heavy atom. The van der Waals surface area contributed by atoms with Crippen molar-refractivity contribution < 1.29 is 14.3 Å². The quantitative estimate of drug-likeness (QED) is 0.390. The van der Waals surface area contributed by atoms with Gasteiger partial charge in [-0.2, -0.15) is 0 Å². The molecule has 1 amide bonds. The Labute approximate surface area is 185 Å². The van der Waals surface area contributed by atoms with E-state index in [0.29, 0.717) is 41.6 Å². The summed E-state index contributed by atoms with van der Waals surface area (Å²) in [5.74, 6) is 2.58. The smallest absolute Gasteiger partial charge is 0.251 e. The number of ether oxygens (including phenoxy) is 2. The fourth-order valence-electron chi connectivity index (χ4n) is 3.57. The van der Waals surface area contributed by atoms with E-state index in [1.54, 1.807) is 26.4 Å². The minimum absolute atomic E-state index is 0.0558. The van der Waals surface area contributed by atoms with Gasteiger partial charge in [0.05, 0.1) is 25.3 Å². The first-order chi connectivity index (χ1) is 15.6. The van der Waals surface area contributed by atoms with Gasteiger partial charge in [-0.05, 0) is 31.9 Å². The molecule has 2 heterocycles. The molecular weight excluding hydrogens is 408 g/mol. The third kappa shape index (κ3) is 4.27. The van der Waals surface area contributed by atoms with Crippen molar-refractivity contribution in [1.29, 1.82) is 0 Å². The van der Waals surface area contributed by atoms with E-state index in [0.717, 1.165) is 29.7 Å². The van der Waals surface area contributed by atoms with Gasteiger partial charge in [0.1, 0.15) is 5.82 Å². The average Bonchev–Trinajstić information content (AvgIpc) is 3.22. The van der Waals surface area contributed by atoms with Crippen molar-refractivity contribution in [3.63, 3.8) is 0 Å². The van der Waals surface area contributed by atoms with Crippen molar-refractivity contribution in [3.8, 4) is 11.5 Å². The van der Waals surface area contributed by atoms with Crippen molar-refractivity contribution in [3.05, 3.63) is 53.9 Å². The summed E-state index contributed by atoms with van der Waals surface area (Å²) >= 11 is 0. The largest absolute Gasteiger partial charge is 0.493 e. The van der Waals surface area contributed by atoms with Crippen molar-refractivity contribution in [2.45, 2.75) is 19.8 Å². The van der Waals surface area contributed by atoms with Gasteiger partial charge in [-0.25, -0.2) is 4.98 Å². The number of hydrogen-bond acceptors (Lipinski definition) is 7. The summed E-state index contributed by atoms with van der Waals surface area (Å²) in [6, 6.07) is 12.9. The molecule has 4 rings (SSSR count). The molecule has 0 saturated heterocycles. The predicted octanol–water partition coefficient (Wildman–Crippen LogP) is 3.23. The van der Waals surface area contributed by atoms with Crippen LogP contribution >= 0.6 is 0 Å². The van der Waals surface area contributed by atoms with E-state index in [9.17, 15) is 4.79 Å². The fourth-order valence-corrected chi connectivity index (χ4v) is 3.57. The summed E-state index contributed by atoms with van der Waals surface area (Å²) < 4.78 is 12.8. The van der Waals surface area contributed by atoms with E-state index >= 15 is 0 Å². The zero-order valence-corrected chi connectivity index (χ0v) is 18.4. The lowest BCUT2D eigenvalue weighted by atomic mass is 10.2. The summed E-state index contributed by atoms with van der Waals surface area (Å²) in [5, 5.41) is 14.8. The van der Waals surface area contributed by atoms with E-state index < -0.39 is 0 Å². The first-order valence-corrected chi connectivity index (χ1v) is 10.5. The van der Waals surface area contributed by atoms with Gasteiger partial charge in [-0.1, -0.05) is 18.2 Å². The van der Waals surface area contributed by atoms with Gasteiger partial charge in [0, 0.05) is 30.8 Å². The van der Waals surface area contributed by atoms with Crippen LogP contribution in [0.1, 0.15) is 29.0 Å². The molecule has 0 unspecified atom stereocenters. The minimum Gasteiger partial charge on any atom is -0.493 e. The number of carbonyl (C=O) groups is 1. The third-order valence-electron chi connectivity index (χ3n) is 5.21. The maximum absolute atomic E-state index is 12.1. The molecule has 4 aromatic rings. The molecule has 0 aliphatic rings. The SMILES string of the molecule is COc1cc2nc(NCCCCNC(=O)c3ccccc3)c3nnc(C)n3c2cc1OC. The molecule has 2 aromatic heterocycles. The number of aromatic nitrogens is 4. The second-order valence-corrected chi connectivity index (χ2v) is 7.32. The number of unbranched alkanes of at least 4 members (excludes halogenated alkanes) is 1. The van der Waals surface area contributed by atoms with Crippen molar-refractivity contribution >= 4 is 28.4 Å². The number of anilines is 1. The molecule has 9 nitrogen and oxygen atoms in total. The Kier molecular flexibility index (Phi) is 6.34. The zero-order chi connectivity index (χ0) is 22.5. The number of aryl methyl sites for hydroxylation is 1. The van der Waals surface area contributed by atoms with Crippen LogP contribution in [-0.4, -0.2) is 52.8 Å². The summed E-state index contributed by atoms with van der Waals surface area (Å²) in [7, 11) is 3.20. The number of fused-ring (bicyclic) bond motifs is 3. The molecule has 2 N–H and O–H groups in total. The topological polar surface area (TPSA) is 103 Å². The van der Waals surface area contributed by atoms with Crippen molar-refractivity contribution in [2.75, 3.05) is 32.6 Å². The summed E-state index contributed by atoms with van der Waals surface area (Å²) in [5.41, 5.74) is 2.91. The Balaban J connectivity index is 1.43. The summed E-state index contributed by atoms with van der Waals surface area (Å²) in [6.07, 6.45) is 1.70. The number of hydrogen-bond donors (Lipinski definition) is 2. The van der Waals surface area contributed by atoms with Gasteiger partial charge in [0.25, 0.3) is 5.91 Å². The summed E-state index contributed by atoms with van der Waals surface area (Å²) in [4.78, 5) is 16.8. The standard InChI is InChI=1S/C23H26N6O3/c1-15-27-28-22-21(24-11-7-8-12-25-23(30)16-9-5-4-6-10-16)26-17-13-19(31-2)20(32-3)14-18(17)29(15)22/h4-6,9-10,13-14H,7-8,11-12H2,1-3H3,(H,24,26)(H,25,30). The highest BCUT2D eigenvalue weighted by Gasteiger charge is 2.16. The van der Waals surface area contributed by atoms with Gasteiger partial charge in [-0.3, -0.25) is 9.20 Å². The Morgan fingerprint density at radius 3 is 2.47 bits per heavy atom. The monoisotopic (exact) mass is 434 g/mol. The number of nitrogens with one attached hydrogen (secondary N) is 2. The van der Waals surface area contributed by atoms with Crippen LogP contribution in [0, 0.1) is 6.92 Å². The number of nitrogens with zero attached hydrogens (tertiary/aromatic N) is 4. The van der Waals surface area contributed by atoms with Gasteiger partial charge in [0.2, 0.25) is 5.65 Å². The molecule has 0 spiro atoms. The first-order valence-electron chi connectivity index (χ1n) is 10.5. The lowest BCUT2D eigenvalue weighted by molar-refractivity contribution is 0.0953. The van der Waals surface area contributed by atoms with E-state index in [4.69, 9.17) is 14.5 Å². The Morgan fingerprint density at radius 2 is 1.72 bits per heavy atom. The highest BCUT2D eigenvalue weighted by Crippen LogP contribution is 2.33. The molecule has 2 aromatic carbocycles. The number of rotatable bonds is 9.